The second-order valence-corrected chi connectivity index (χ2v) is 4.42. The van der Waals surface area contributed by atoms with Crippen LogP contribution in [-0.4, -0.2) is 72.2 Å². The summed E-state index contributed by atoms with van der Waals surface area (Å²) in [6, 6.07) is 0. The minimum absolute atomic E-state index is 0.0568. The van der Waals surface area contributed by atoms with E-state index in [1.165, 1.54) is 16.8 Å². The normalized spacial score (nSPS) is 24.6. The molecule has 17 heavy (non-hydrogen) atoms. The third kappa shape index (κ3) is 3.67. The van der Waals surface area contributed by atoms with Crippen molar-refractivity contribution in [2.45, 2.75) is 26.1 Å². The Morgan fingerprint density at radius 2 is 1.88 bits per heavy atom. The summed E-state index contributed by atoms with van der Waals surface area (Å²) in [5, 5.41) is 8.72. The van der Waals surface area contributed by atoms with Gasteiger partial charge in [-0.25, -0.2) is 0 Å². The summed E-state index contributed by atoms with van der Waals surface area (Å²) in [6.07, 6.45) is -0.114. The molecule has 0 aromatic rings. The highest BCUT2D eigenvalue weighted by Crippen LogP contribution is 2.11. The fourth-order valence-electron chi connectivity index (χ4n) is 1.89. The highest BCUT2D eigenvalue weighted by atomic mass is 16.5. The maximum Gasteiger partial charge on any atom is 0.312 e. The quantitative estimate of drug-likeness (QED) is 0.637. The van der Waals surface area contributed by atoms with Crippen molar-refractivity contribution in [2.75, 3.05) is 33.3 Å². The molecule has 0 saturated carbocycles. The van der Waals surface area contributed by atoms with Gasteiger partial charge in [-0.05, 0) is 13.8 Å². The van der Waals surface area contributed by atoms with Gasteiger partial charge in [0.2, 0.25) is 0 Å². The van der Waals surface area contributed by atoms with Crippen molar-refractivity contribution in [3.05, 3.63) is 0 Å². The number of carbonyl (C=O) groups excluding carboxylic acids is 2. The van der Waals surface area contributed by atoms with E-state index in [2.05, 4.69) is 0 Å². The molecule has 6 heteroatoms. The number of nitrogens with zero attached hydrogens (tertiary/aromatic N) is 2. The van der Waals surface area contributed by atoms with Crippen molar-refractivity contribution in [3.63, 3.8) is 0 Å². The zero-order chi connectivity index (χ0) is 13.0. The molecule has 2 unspecified atom stereocenters. The molecule has 1 rings (SSSR count). The molecule has 2 amide bonds. The Morgan fingerprint density at radius 1 is 1.35 bits per heavy atom. The first-order valence-electron chi connectivity index (χ1n) is 5.76. The summed E-state index contributed by atoms with van der Waals surface area (Å²) < 4.78 is 5.50. The van der Waals surface area contributed by atoms with Crippen LogP contribution in [0.1, 0.15) is 13.8 Å². The number of hydrogen-bond acceptors (Lipinski definition) is 4. The van der Waals surface area contributed by atoms with Gasteiger partial charge in [-0.3, -0.25) is 9.59 Å². The smallest absolute Gasteiger partial charge is 0.312 e. The Kier molecular flexibility index (Phi) is 4.89. The van der Waals surface area contributed by atoms with Crippen LogP contribution in [0.3, 0.4) is 0 Å². The monoisotopic (exact) mass is 244 g/mol. The maximum absolute atomic E-state index is 11.9. The number of ether oxygens (including phenoxy) is 1. The Morgan fingerprint density at radius 3 is 2.35 bits per heavy atom. The van der Waals surface area contributed by atoms with Gasteiger partial charge in [0, 0.05) is 26.7 Å². The summed E-state index contributed by atoms with van der Waals surface area (Å²) in [5.74, 6) is -1.11. The number of amides is 2. The average Bonchev–Trinajstić information content (AvgIpc) is 2.26. The second-order valence-electron chi connectivity index (χ2n) is 4.42. The SMILES string of the molecule is CC1CN(C(=O)C(=O)N(C)CCO)CC(C)O1. The lowest BCUT2D eigenvalue weighted by Crippen LogP contribution is -2.53. The molecular weight excluding hydrogens is 224 g/mol. The van der Waals surface area contributed by atoms with Gasteiger partial charge in [-0.15, -0.1) is 0 Å². The zero-order valence-electron chi connectivity index (χ0n) is 10.5. The van der Waals surface area contributed by atoms with Gasteiger partial charge in [0.1, 0.15) is 0 Å². The summed E-state index contributed by atoms with van der Waals surface area (Å²) in [4.78, 5) is 26.4. The second kappa shape index (κ2) is 5.97. The van der Waals surface area contributed by atoms with Crippen LogP contribution < -0.4 is 0 Å². The molecule has 1 aliphatic heterocycles. The number of aliphatic hydroxyl groups excluding tert-OH is 1. The third-order valence-electron chi connectivity index (χ3n) is 2.67. The fourth-order valence-corrected chi connectivity index (χ4v) is 1.89. The van der Waals surface area contributed by atoms with Gasteiger partial charge in [0.15, 0.2) is 0 Å². The van der Waals surface area contributed by atoms with Crippen molar-refractivity contribution in [3.8, 4) is 0 Å². The van der Waals surface area contributed by atoms with Crippen molar-refractivity contribution < 1.29 is 19.4 Å². The van der Waals surface area contributed by atoms with E-state index in [0.717, 1.165) is 0 Å². The predicted molar refractivity (Wildman–Crippen MR) is 61.3 cm³/mol. The molecule has 2 atom stereocenters. The molecule has 1 N–H and O–H groups in total. The number of aliphatic hydroxyl groups is 1. The lowest BCUT2D eigenvalue weighted by Gasteiger charge is -2.35. The summed E-state index contributed by atoms with van der Waals surface area (Å²) in [7, 11) is 1.50. The van der Waals surface area contributed by atoms with E-state index in [1.54, 1.807) is 0 Å². The maximum atomic E-state index is 11.9. The third-order valence-corrected chi connectivity index (χ3v) is 2.67. The minimum atomic E-state index is -0.583. The molecule has 0 aromatic carbocycles. The van der Waals surface area contributed by atoms with E-state index >= 15 is 0 Å². The van der Waals surface area contributed by atoms with E-state index in [0.29, 0.717) is 13.1 Å². The summed E-state index contributed by atoms with van der Waals surface area (Å²) >= 11 is 0. The molecule has 0 spiro atoms. The Bertz CT molecular complexity index is 285. The van der Waals surface area contributed by atoms with Gasteiger partial charge in [-0.1, -0.05) is 0 Å². The number of hydrogen-bond donors (Lipinski definition) is 1. The van der Waals surface area contributed by atoms with Crippen LogP contribution in [0, 0.1) is 0 Å². The van der Waals surface area contributed by atoms with Gasteiger partial charge in [0.05, 0.1) is 18.8 Å². The summed E-state index contributed by atoms with van der Waals surface area (Å²) in [6.45, 7) is 4.63. The highest BCUT2D eigenvalue weighted by Gasteiger charge is 2.30. The number of morpholine rings is 1. The number of likely N-dealkylation sites (N-methyl/N-ethyl adjacent to an activating group) is 1. The van der Waals surface area contributed by atoms with Crippen molar-refractivity contribution in [1.29, 1.82) is 0 Å². The Labute approximate surface area is 101 Å². The molecule has 1 saturated heterocycles. The van der Waals surface area contributed by atoms with Crippen LogP contribution >= 0.6 is 0 Å². The largest absolute Gasteiger partial charge is 0.395 e. The lowest BCUT2D eigenvalue weighted by molar-refractivity contribution is -0.157. The van der Waals surface area contributed by atoms with E-state index in [9.17, 15) is 9.59 Å². The minimum Gasteiger partial charge on any atom is -0.395 e. The van der Waals surface area contributed by atoms with E-state index < -0.39 is 11.8 Å². The number of carbonyl (C=O) groups is 2. The predicted octanol–water partition coefficient (Wildman–Crippen LogP) is -0.927. The first kappa shape index (κ1) is 13.9. The molecule has 0 radical (unpaired) electrons. The summed E-state index contributed by atoms with van der Waals surface area (Å²) in [5.41, 5.74) is 0. The molecule has 6 nitrogen and oxygen atoms in total. The van der Waals surface area contributed by atoms with Crippen LogP contribution in [0.15, 0.2) is 0 Å². The molecular formula is C11H20N2O4. The van der Waals surface area contributed by atoms with Crippen molar-refractivity contribution >= 4 is 11.8 Å². The lowest BCUT2D eigenvalue weighted by atomic mass is 10.2. The average molecular weight is 244 g/mol. The molecule has 98 valence electrons. The zero-order valence-corrected chi connectivity index (χ0v) is 10.5. The van der Waals surface area contributed by atoms with Crippen molar-refractivity contribution in [1.82, 2.24) is 9.80 Å². The molecule has 0 aliphatic carbocycles. The number of rotatable bonds is 2. The van der Waals surface area contributed by atoms with Crippen LogP contribution in [0.25, 0.3) is 0 Å². The van der Waals surface area contributed by atoms with Crippen LogP contribution in [0.4, 0.5) is 0 Å². The van der Waals surface area contributed by atoms with Gasteiger partial charge in [-0.2, -0.15) is 0 Å². The molecule has 1 heterocycles. The van der Waals surface area contributed by atoms with Gasteiger partial charge in [0.25, 0.3) is 0 Å². The first-order chi connectivity index (χ1) is 7.95. The Balaban J connectivity index is 2.59. The topological polar surface area (TPSA) is 70.1 Å². The van der Waals surface area contributed by atoms with Crippen molar-refractivity contribution in [2.24, 2.45) is 0 Å². The molecule has 1 fully saturated rings. The van der Waals surface area contributed by atoms with E-state index in [1.807, 2.05) is 13.8 Å². The van der Waals surface area contributed by atoms with Crippen LogP contribution in [0.5, 0.6) is 0 Å². The molecule has 0 aromatic heterocycles. The van der Waals surface area contributed by atoms with Crippen LogP contribution in [0.2, 0.25) is 0 Å². The van der Waals surface area contributed by atoms with E-state index in [4.69, 9.17) is 9.84 Å². The Hall–Kier alpha value is -1.14. The highest BCUT2D eigenvalue weighted by molar-refractivity contribution is 6.34. The first-order valence-corrected chi connectivity index (χ1v) is 5.76. The molecule has 0 bridgehead atoms. The molecule has 1 aliphatic rings. The standard InChI is InChI=1S/C11H20N2O4/c1-8-6-13(7-9(2)17-8)11(16)10(15)12(3)4-5-14/h8-9,14H,4-7H2,1-3H3. The van der Waals surface area contributed by atoms with Gasteiger partial charge >= 0.3 is 11.8 Å². The fraction of sp³-hybridized carbons (Fsp3) is 0.818. The van der Waals surface area contributed by atoms with Crippen LogP contribution in [-0.2, 0) is 14.3 Å². The van der Waals surface area contributed by atoms with E-state index in [-0.39, 0.29) is 25.4 Å². The van der Waals surface area contributed by atoms with Gasteiger partial charge < -0.3 is 19.6 Å².